The van der Waals surface area contributed by atoms with Gasteiger partial charge in [0.05, 0.1) is 5.92 Å². The maximum atomic E-state index is 12.6. The van der Waals surface area contributed by atoms with Crippen molar-refractivity contribution in [2.75, 3.05) is 6.54 Å². The molecule has 0 radical (unpaired) electrons. The van der Waals surface area contributed by atoms with Crippen LogP contribution in [0.25, 0.3) is 0 Å². The van der Waals surface area contributed by atoms with Crippen LogP contribution in [0.2, 0.25) is 0 Å². The Labute approximate surface area is 143 Å². The lowest BCUT2D eigenvalue weighted by Crippen LogP contribution is -2.34. The van der Waals surface area contributed by atoms with Gasteiger partial charge in [-0.15, -0.1) is 0 Å². The Bertz CT molecular complexity index is 694. The molecule has 128 valence electrons. The first kappa shape index (κ1) is 18.0. The van der Waals surface area contributed by atoms with Gasteiger partial charge >= 0.3 is 0 Å². The highest BCUT2D eigenvalue weighted by atomic mass is 16.2. The van der Waals surface area contributed by atoms with Gasteiger partial charge in [-0.05, 0) is 24.0 Å². The minimum atomic E-state index is -0.129. The van der Waals surface area contributed by atoms with E-state index in [1.54, 1.807) is 22.9 Å². The Morgan fingerprint density at radius 2 is 1.83 bits per heavy atom. The minimum absolute atomic E-state index is 0.00871. The zero-order chi connectivity index (χ0) is 17.4. The number of benzene rings is 1. The van der Waals surface area contributed by atoms with Crippen LogP contribution in [0, 0.1) is 5.92 Å². The molecule has 0 spiro atoms. The molecular formula is C20H26N2O2. The van der Waals surface area contributed by atoms with E-state index in [1.807, 2.05) is 36.4 Å². The van der Waals surface area contributed by atoms with Crippen molar-refractivity contribution >= 4 is 5.91 Å². The first-order valence-electron chi connectivity index (χ1n) is 8.61. The first-order chi connectivity index (χ1) is 11.6. The number of pyridine rings is 1. The highest BCUT2D eigenvalue weighted by molar-refractivity contribution is 5.83. The summed E-state index contributed by atoms with van der Waals surface area (Å²) in [5, 5.41) is 3.03. The molecule has 0 saturated carbocycles. The molecule has 0 aliphatic carbocycles. The highest BCUT2D eigenvalue weighted by Crippen LogP contribution is 2.27. The summed E-state index contributed by atoms with van der Waals surface area (Å²) in [7, 11) is 0. The predicted molar refractivity (Wildman–Crippen MR) is 97.0 cm³/mol. The van der Waals surface area contributed by atoms with Crippen molar-refractivity contribution in [3.63, 3.8) is 0 Å². The fourth-order valence-corrected chi connectivity index (χ4v) is 2.85. The van der Waals surface area contributed by atoms with Gasteiger partial charge in [0.1, 0.15) is 0 Å². The normalized spacial score (nSPS) is 13.2. The van der Waals surface area contributed by atoms with Crippen LogP contribution in [-0.4, -0.2) is 17.0 Å². The second-order valence-electron chi connectivity index (χ2n) is 6.15. The van der Waals surface area contributed by atoms with Gasteiger partial charge in [-0.3, -0.25) is 9.59 Å². The Balaban J connectivity index is 1.91. The number of aromatic nitrogens is 1. The topological polar surface area (TPSA) is 51.1 Å². The van der Waals surface area contributed by atoms with Crippen LogP contribution >= 0.6 is 0 Å². The van der Waals surface area contributed by atoms with E-state index < -0.39 is 0 Å². The van der Waals surface area contributed by atoms with Gasteiger partial charge in [0.25, 0.3) is 0 Å². The third kappa shape index (κ3) is 4.82. The van der Waals surface area contributed by atoms with Crippen molar-refractivity contribution in [2.24, 2.45) is 5.92 Å². The standard InChI is InChI=1S/C20H26N2O2/c1-3-16(2)19(17-10-5-4-6-11-17)20(24)21-13-9-15-22-14-8-7-12-18(22)23/h4-8,10-12,14,16,19H,3,9,13,15H2,1-2H3,(H,21,24)/t16-,19-/m0/s1. The maximum Gasteiger partial charge on any atom is 0.250 e. The summed E-state index contributed by atoms with van der Waals surface area (Å²) in [5.41, 5.74) is 1.05. The number of nitrogens with one attached hydrogen (secondary N) is 1. The summed E-state index contributed by atoms with van der Waals surface area (Å²) < 4.78 is 1.66. The van der Waals surface area contributed by atoms with Gasteiger partial charge in [-0.1, -0.05) is 56.7 Å². The fourth-order valence-electron chi connectivity index (χ4n) is 2.85. The van der Waals surface area contributed by atoms with Gasteiger partial charge in [0.2, 0.25) is 11.5 Å². The van der Waals surface area contributed by atoms with Crippen LogP contribution in [0.15, 0.2) is 59.5 Å². The van der Waals surface area contributed by atoms with E-state index in [0.29, 0.717) is 13.1 Å². The number of aryl methyl sites for hydroxylation is 1. The lowest BCUT2D eigenvalue weighted by molar-refractivity contribution is -0.123. The molecule has 2 aromatic rings. The molecule has 0 saturated heterocycles. The fraction of sp³-hybridized carbons (Fsp3) is 0.400. The van der Waals surface area contributed by atoms with E-state index in [1.165, 1.54) is 0 Å². The lowest BCUT2D eigenvalue weighted by Gasteiger charge is -2.22. The molecule has 24 heavy (non-hydrogen) atoms. The molecule has 1 heterocycles. The van der Waals surface area contributed by atoms with Crippen molar-refractivity contribution in [3.8, 4) is 0 Å². The smallest absolute Gasteiger partial charge is 0.250 e. The van der Waals surface area contributed by atoms with Crippen molar-refractivity contribution in [1.29, 1.82) is 0 Å². The third-order valence-corrected chi connectivity index (χ3v) is 4.43. The largest absolute Gasteiger partial charge is 0.355 e. The number of nitrogens with zero attached hydrogens (tertiary/aromatic N) is 1. The molecule has 0 fully saturated rings. The average molecular weight is 326 g/mol. The zero-order valence-corrected chi connectivity index (χ0v) is 14.4. The Kier molecular flexibility index (Phi) is 6.79. The molecule has 1 N–H and O–H groups in total. The second-order valence-corrected chi connectivity index (χ2v) is 6.15. The average Bonchev–Trinajstić information content (AvgIpc) is 2.61. The monoisotopic (exact) mass is 326 g/mol. The summed E-state index contributed by atoms with van der Waals surface area (Å²) in [6.45, 7) is 5.40. The first-order valence-corrected chi connectivity index (χ1v) is 8.61. The molecule has 2 atom stereocenters. The molecule has 1 aromatic heterocycles. The quantitative estimate of drug-likeness (QED) is 0.758. The van der Waals surface area contributed by atoms with Crippen molar-refractivity contribution < 1.29 is 4.79 Å². The SMILES string of the molecule is CC[C@H](C)[C@H](C(=O)NCCCn1ccccc1=O)c1ccccc1. The van der Waals surface area contributed by atoms with Crippen LogP contribution in [0.1, 0.15) is 38.2 Å². The summed E-state index contributed by atoms with van der Waals surface area (Å²) in [4.78, 5) is 24.3. The third-order valence-electron chi connectivity index (χ3n) is 4.43. The molecule has 0 bridgehead atoms. The molecule has 4 heteroatoms. The van der Waals surface area contributed by atoms with Gasteiger partial charge < -0.3 is 9.88 Å². The molecule has 0 aliphatic heterocycles. The van der Waals surface area contributed by atoms with Gasteiger partial charge in [0.15, 0.2) is 0 Å². The highest BCUT2D eigenvalue weighted by Gasteiger charge is 2.25. The maximum absolute atomic E-state index is 12.6. The van der Waals surface area contributed by atoms with E-state index in [4.69, 9.17) is 0 Å². The summed E-state index contributed by atoms with van der Waals surface area (Å²) in [5.74, 6) is 0.218. The minimum Gasteiger partial charge on any atom is -0.355 e. The van der Waals surface area contributed by atoms with Crippen LogP contribution in [-0.2, 0) is 11.3 Å². The summed E-state index contributed by atoms with van der Waals surface area (Å²) in [6.07, 6.45) is 3.46. The van der Waals surface area contributed by atoms with E-state index in [2.05, 4.69) is 19.2 Å². The Morgan fingerprint density at radius 1 is 1.12 bits per heavy atom. The van der Waals surface area contributed by atoms with E-state index in [0.717, 1.165) is 18.4 Å². The van der Waals surface area contributed by atoms with E-state index in [9.17, 15) is 9.59 Å². The number of hydrogen-bond donors (Lipinski definition) is 1. The molecule has 0 aliphatic rings. The van der Waals surface area contributed by atoms with Crippen LogP contribution in [0.3, 0.4) is 0 Å². The number of rotatable bonds is 8. The van der Waals surface area contributed by atoms with E-state index in [-0.39, 0.29) is 23.3 Å². The lowest BCUT2D eigenvalue weighted by atomic mass is 9.85. The van der Waals surface area contributed by atoms with Crippen LogP contribution in [0.4, 0.5) is 0 Å². The Hall–Kier alpha value is -2.36. The van der Waals surface area contributed by atoms with Gasteiger partial charge in [-0.25, -0.2) is 0 Å². The summed E-state index contributed by atoms with van der Waals surface area (Å²) >= 11 is 0. The molecule has 1 amide bonds. The summed E-state index contributed by atoms with van der Waals surface area (Å²) in [6, 6.07) is 15.1. The van der Waals surface area contributed by atoms with Crippen LogP contribution < -0.4 is 10.9 Å². The van der Waals surface area contributed by atoms with Crippen LogP contribution in [0.5, 0.6) is 0 Å². The zero-order valence-electron chi connectivity index (χ0n) is 14.4. The molecule has 0 unspecified atom stereocenters. The van der Waals surface area contributed by atoms with Crippen molar-refractivity contribution in [1.82, 2.24) is 9.88 Å². The van der Waals surface area contributed by atoms with Crippen molar-refractivity contribution in [2.45, 2.75) is 39.2 Å². The van der Waals surface area contributed by atoms with Crippen molar-refractivity contribution in [3.05, 3.63) is 70.6 Å². The number of hydrogen-bond acceptors (Lipinski definition) is 2. The second kappa shape index (κ2) is 9.06. The molecule has 2 rings (SSSR count). The molecule has 1 aromatic carbocycles. The van der Waals surface area contributed by atoms with Gasteiger partial charge in [0, 0.05) is 25.4 Å². The van der Waals surface area contributed by atoms with E-state index >= 15 is 0 Å². The number of carbonyl (C=O) groups excluding carboxylic acids is 1. The Morgan fingerprint density at radius 3 is 2.50 bits per heavy atom. The molecular weight excluding hydrogens is 300 g/mol. The van der Waals surface area contributed by atoms with Gasteiger partial charge in [-0.2, -0.15) is 0 Å². The number of amides is 1. The molecule has 4 nitrogen and oxygen atoms in total. The number of carbonyl (C=O) groups is 1. The predicted octanol–water partition coefficient (Wildman–Crippen LogP) is 3.18.